The van der Waals surface area contributed by atoms with Crippen LogP contribution >= 0.6 is 15.9 Å². The van der Waals surface area contributed by atoms with Crippen molar-refractivity contribution >= 4 is 21.9 Å². The molecular weight excluding hydrogens is 284 g/mol. The Hall–Kier alpha value is -1.62. The molecule has 0 amide bonds. The van der Waals surface area contributed by atoms with Crippen LogP contribution in [0.15, 0.2) is 28.9 Å². The number of nitrogens with zero attached hydrogens (tertiary/aromatic N) is 2. The van der Waals surface area contributed by atoms with Gasteiger partial charge in [0.2, 0.25) is 0 Å². The Morgan fingerprint density at radius 1 is 1.41 bits per heavy atom. The van der Waals surface area contributed by atoms with Crippen LogP contribution in [0.25, 0.3) is 5.69 Å². The summed E-state index contributed by atoms with van der Waals surface area (Å²) in [4.78, 5) is 10.9. The molecule has 2 rings (SSSR count). The topological polar surface area (TPSA) is 55.1 Å². The summed E-state index contributed by atoms with van der Waals surface area (Å²) in [5.41, 5.74) is 3.13. The van der Waals surface area contributed by atoms with Crippen molar-refractivity contribution in [2.24, 2.45) is 0 Å². The van der Waals surface area contributed by atoms with Gasteiger partial charge in [-0.15, -0.1) is 0 Å². The predicted octanol–water partition coefficient (Wildman–Crippen LogP) is 2.95. The summed E-state index contributed by atoms with van der Waals surface area (Å²) >= 11 is 3.19. The monoisotopic (exact) mass is 294 g/mol. The summed E-state index contributed by atoms with van der Waals surface area (Å²) < 4.78 is 2.06. The van der Waals surface area contributed by atoms with Crippen molar-refractivity contribution < 1.29 is 9.90 Å². The number of aryl methyl sites for hydroxylation is 1. The Labute approximate surface area is 107 Å². The standard InChI is InChI=1S/C12H11BrN2O2/c1-7-4-3-5-10(8(7)2)15-6-9(13)11(14-15)12(16)17/h3-6H,1-2H3,(H,16,17). The molecule has 0 saturated carbocycles. The molecule has 1 aromatic heterocycles. The average molecular weight is 295 g/mol. The molecule has 0 atom stereocenters. The molecule has 1 N–H and O–H groups in total. The van der Waals surface area contributed by atoms with Gasteiger partial charge in [0.05, 0.1) is 10.2 Å². The van der Waals surface area contributed by atoms with E-state index in [2.05, 4.69) is 21.0 Å². The second-order valence-corrected chi connectivity index (χ2v) is 4.65. The Morgan fingerprint density at radius 2 is 2.12 bits per heavy atom. The van der Waals surface area contributed by atoms with Crippen LogP contribution in [0.1, 0.15) is 21.6 Å². The molecule has 2 aromatic rings. The molecule has 0 unspecified atom stereocenters. The first-order valence-corrected chi connectivity index (χ1v) is 5.85. The summed E-state index contributed by atoms with van der Waals surface area (Å²) in [5.74, 6) is -1.04. The SMILES string of the molecule is Cc1cccc(-n2cc(Br)c(C(=O)O)n2)c1C. The molecule has 0 bridgehead atoms. The Kier molecular flexibility index (Phi) is 3.02. The number of hydrogen-bond acceptors (Lipinski definition) is 2. The molecule has 88 valence electrons. The molecule has 4 nitrogen and oxygen atoms in total. The summed E-state index contributed by atoms with van der Waals surface area (Å²) in [6, 6.07) is 5.84. The van der Waals surface area contributed by atoms with E-state index in [0.717, 1.165) is 16.8 Å². The van der Waals surface area contributed by atoms with E-state index in [0.29, 0.717) is 4.47 Å². The van der Waals surface area contributed by atoms with Gasteiger partial charge in [0, 0.05) is 6.20 Å². The highest BCUT2D eigenvalue weighted by Gasteiger charge is 2.15. The number of halogens is 1. The van der Waals surface area contributed by atoms with Crippen molar-refractivity contribution in [3.8, 4) is 5.69 Å². The average Bonchev–Trinajstić information content (AvgIpc) is 2.64. The van der Waals surface area contributed by atoms with Crippen molar-refractivity contribution in [3.63, 3.8) is 0 Å². The molecule has 0 spiro atoms. The zero-order valence-electron chi connectivity index (χ0n) is 9.44. The molecule has 17 heavy (non-hydrogen) atoms. The fourth-order valence-electron chi connectivity index (χ4n) is 1.61. The minimum Gasteiger partial charge on any atom is -0.476 e. The van der Waals surface area contributed by atoms with Crippen molar-refractivity contribution in [2.75, 3.05) is 0 Å². The second-order valence-electron chi connectivity index (χ2n) is 3.79. The molecule has 0 radical (unpaired) electrons. The van der Waals surface area contributed by atoms with Crippen molar-refractivity contribution in [1.82, 2.24) is 9.78 Å². The van der Waals surface area contributed by atoms with Gasteiger partial charge in [-0.25, -0.2) is 9.48 Å². The van der Waals surface area contributed by atoms with E-state index >= 15 is 0 Å². The lowest BCUT2D eigenvalue weighted by Gasteiger charge is -2.07. The second kappa shape index (κ2) is 4.33. The van der Waals surface area contributed by atoms with Crippen molar-refractivity contribution in [1.29, 1.82) is 0 Å². The van der Waals surface area contributed by atoms with E-state index in [1.807, 2.05) is 32.0 Å². The largest absolute Gasteiger partial charge is 0.476 e. The number of aromatic carboxylic acids is 1. The van der Waals surface area contributed by atoms with Crippen LogP contribution in [0.5, 0.6) is 0 Å². The third kappa shape index (κ3) is 2.10. The molecular formula is C12H11BrN2O2. The predicted molar refractivity (Wildman–Crippen MR) is 67.7 cm³/mol. The Balaban J connectivity index is 2.58. The van der Waals surface area contributed by atoms with E-state index in [9.17, 15) is 4.79 Å². The number of carboxylic acid groups (broad SMARTS) is 1. The molecule has 5 heteroatoms. The number of rotatable bonds is 2. The van der Waals surface area contributed by atoms with Crippen LogP contribution in [0, 0.1) is 13.8 Å². The summed E-state index contributed by atoms with van der Waals surface area (Å²) in [7, 11) is 0. The lowest BCUT2D eigenvalue weighted by atomic mass is 10.1. The van der Waals surface area contributed by atoms with Gasteiger partial charge in [-0.05, 0) is 47.0 Å². The van der Waals surface area contributed by atoms with Gasteiger partial charge in [0.25, 0.3) is 0 Å². The zero-order chi connectivity index (χ0) is 12.6. The van der Waals surface area contributed by atoms with E-state index in [-0.39, 0.29) is 5.69 Å². The lowest BCUT2D eigenvalue weighted by molar-refractivity contribution is 0.0689. The number of hydrogen-bond donors (Lipinski definition) is 1. The van der Waals surface area contributed by atoms with Gasteiger partial charge in [0.1, 0.15) is 0 Å². The minimum atomic E-state index is -1.04. The number of benzene rings is 1. The first kappa shape index (κ1) is 11.9. The van der Waals surface area contributed by atoms with Crippen molar-refractivity contribution in [3.05, 3.63) is 45.7 Å². The molecule has 0 aliphatic rings. The van der Waals surface area contributed by atoms with Crippen LogP contribution in [-0.2, 0) is 0 Å². The summed E-state index contributed by atoms with van der Waals surface area (Å²) in [6.07, 6.45) is 1.66. The highest BCUT2D eigenvalue weighted by molar-refractivity contribution is 9.10. The Bertz CT molecular complexity index is 590. The van der Waals surface area contributed by atoms with Gasteiger partial charge in [-0.2, -0.15) is 5.10 Å². The molecule has 0 fully saturated rings. The van der Waals surface area contributed by atoms with Gasteiger partial charge >= 0.3 is 5.97 Å². The quantitative estimate of drug-likeness (QED) is 0.926. The van der Waals surface area contributed by atoms with Crippen LogP contribution in [0.2, 0.25) is 0 Å². The fraction of sp³-hybridized carbons (Fsp3) is 0.167. The van der Waals surface area contributed by atoms with Gasteiger partial charge in [-0.1, -0.05) is 12.1 Å². The van der Waals surface area contributed by atoms with Crippen LogP contribution < -0.4 is 0 Å². The lowest BCUT2D eigenvalue weighted by Crippen LogP contribution is -2.03. The van der Waals surface area contributed by atoms with Crippen LogP contribution in [0.4, 0.5) is 0 Å². The maximum absolute atomic E-state index is 10.9. The number of aromatic nitrogens is 2. The molecule has 1 heterocycles. The number of carbonyl (C=O) groups is 1. The van der Waals surface area contributed by atoms with E-state index in [4.69, 9.17) is 5.11 Å². The molecule has 0 aliphatic carbocycles. The first-order chi connectivity index (χ1) is 8.00. The number of carboxylic acids is 1. The van der Waals surface area contributed by atoms with Crippen LogP contribution in [0.3, 0.4) is 0 Å². The molecule has 0 saturated heterocycles. The normalized spacial score (nSPS) is 10.5. The highest BCUT2D eigenvalue weighted by Crippen LogP contribution is 2.21. The maximum atomic E-state index is 10.9. The van der Waals surface area contributed by atoms with Gasteiger partial charge in [0.15, 0.2) is 5.69 Å². The van der Waals surface area contributed by atoms with E-state index in [1.165, 1.54) is 0 Å². The first-order valence-electron chi connectivity index (χ1n) is 5.05. The van der Waals surface area contributed by atoms with E-state index < -0.39 is 5.97 Å². The molecule has 0 aliphatic heterocycles. The van der Waals surface area contributed by atoms with Gasteiger partial charge < -0.3 is 5.11 Å². The third-order valence-electron chi connectivity index (χ3n) is 2.70. The van der Waals surface area contributed by atoms with Crippen molar-refractivity contribution in [2.45, 2.75) is 13.8 Å². The highest BCUT2D eigenvalue weighted by atomic mass is 79.9. The van der Waals surface area contributed by atoms with Gasteiger partial charge in [-0.3, -0.25) is 0 Å². The fourth-order valence-corrected chi connectivity index (χ4v) is 2.05. The van der Waals surface area contributed by atoms with Crippen LogP contribution in [-0.4, -0.2) is 20.9 Å². The maximum Gasteiger partial charge on any atom is 0.357 e. The third-order valence-corrected chi connectivity index (χ3v) is 3.28. The zero-order valence-corrected chi connectivity index (χ0v) is 11.0. The smallest absolute Gasteiger partial charge is 0.357 e. The summed E-state index contributed by atoms with van der Waals surface area (Å²) in [6.45, 7) is 4.00. The molecule has 1 aromatic carbocycles. The van der Waals surface area contributed by atoms with E-state index in [1.54, 1.807) is 10.9 Å². The minimum absolute atomic E-state index is 0.0194. The summed E-state index contributed by atoms with van der Waals surface area (Å²) in [5, 5.41) is 13.0. The Morgan fingerprint density at radius 3 is 2.71 bits per heavy atom.